The molecule has 2 aromatic carbocycles. The first-order valence-corrected chi connectivity index (χ1v) is 12.8. The van der Waals surface area contributed by atoms with Crippen LogP contribution in [-0.4, -0.2) is 51.2 Å². The Hall–Kier alpha value is -4.04. The number of rotatable bonds is 7. The van der Waals surface area contributed by atoms with E-state index in [0.717, 1.165) is 23.4 Å². The fraction of sp³-hybridized carbons (Fsp3) is 0.300. The summed E-state index contributed by atoms with van der Waals surface area (Å²) >= 11 is 0. The first-order valence-electron chi connectivity index (χ1n) is 12.8. The maximum Gasteiger partial charge on any atom is 0.227 e. The van der Waals surface area contributed by atoms with Crippen molar-refractivity contribution in [3.8, 4) is 5.69 Å². The Morgan fingerprint density at radius 1 is 1.21 bits per heavy atom. The third-order valence-corrected chi connectivity index (χ3v) is 8.13. The molecule has 2 aromatic heterocycles. The van der Waals surface area contributed by atoms with Crippen LogP contribution in [0.4, 0.5) is 4.39 Å². The number of allylic oxidation sites excluding steroid dienone is 1. The maximum atomic E-state index is 13.9. The van der Waals surface area contributed by atoms with E-state index in [1.54, 1.807) is 18.2 Å². The number of para-hydroxylation sites is 1. The number of hydrogen-bond donors (Lipinski definition) is 1. The van der Waals surface area contributed by atoms with Crippen molar-refractivity contribution in [3.63, 3.8) is 0 Å². The molecule has 0 bridgehead atoms. The monoisotopic (exact) mass is 513 g/mol. The van der Waals surface area contributed by atoms with Crippen LogP contribution in [0.25, 0.3) is 22.7 Å². The number of aliphatic hydroxyl groups is 1. The minimum absolute atomic E-state index is 0.0831. The van der Waals surface area contributed by atoms with Crippen molar-refractivity contribution >= 4 is 28.7 Å². The van der Waals surface area contributed by atoms with E-state index >= 15 is 0 Å². The summed E-state index contributed by atoms with van der Waals surface area (Å²) in [6.07, 6.45) is 7.43. The van der Waals surface area contributed by atoms with Crippen molar-refractivity contribution < 1.29 is 23.5 Å². The molecule has 7 nitrogen and oxygen atoms in total. The number of aromatic nitrogens is 2. The SMILES string of the molecule is C[C@]12Cc3cnn(-c4ccc(F)cc4)c3C=C1CC[C@@H]2C(=O)N(CCO)CC(=O)c1coc2ccccc12. The topological polar surface area (TPSA) is 88.6 Å². The summed E-state index contributed by atoms with van der Waals surface area (Å²) in [5.41, 5.74) is 4.56. The Labute approximate surface area is 219 Å². The standard InChI is InChI=1S/C30H28FN3O4/c1-30-15-19-16-32-34(22-9-7-21(31)8-10-22)26(19)14-20(30)6-11-25(30)29(37)33(12-13-35)17-27(36)24-18-38-28-5-3-2-4-23(24)28/h2-5,7-10,14,16,18,25,35H,6,11-13,15,17H2,1H3/t25-,30+/m1/s1. The number of carbonyl (C=O) groups excluding carboxylic acids is 2. The number of halogens is 1. The lowest BCUT2D eigenvalue weighted by Crippen LogP contribution is -2.45. The summed E-state index contributed by atoms with van der Waals surface area (Å²) in [7, 11) is 0. The van der Waals surface area contributed by atoms with Gasteiger partial charge in [0.15, 0.2) is 5.78 Å². The molecular formula is C30H28FN3O4. The number of aliphatic hydroxyl groups excluding tert-OH is 1. The first kappa shape index (κ1) is 24.3. The third-order valence-electron chi connectivity index (χ3n) is 8.13. The zero-order valence-corrected chi connectivity index (χ0v) is 21.1. The van der Waals surface area contributed by atoms with Crippen molar-refractivity contribution in [1.29, 1.82) is 0 Å². The lowest BCUT2D eigenvalue weighted by Gasteiger charge is -2.37. The molecule has 2 aliphatic carbocycles. The molecule has 194 valence electrons. The normalized spacial score (nSPS) is 20.2. The molecule has 8 heteroatoms. The Morgan fingerprint density at radius 3 is 2.79 bits per heavy atom. The molecule has 4 aromatic rings. The Balaban J connectivity index is 1.25. The van der Waals surface area contributed by atoms with E-state index in [9.17, 15) is 19.1 Å². The van der Waals surface area contributed by atoms with Crippen molar-refractivity contribution in [1.82, 2.24) is 14.7 Å². The highest BCUT2D eigenvalue weighted by Crippen LogP contribution is 2.53. The second kappa shape index (κ2) is 9.36. The van der Waals surface area contributed by atoms with Crippen LogP contribution < -0.4 is 0 Å². The van der Waals surface area contributed by atoms with E-state index in [-0.39, 0.29) is 43.1 Å². The van der Waals surface area contributed by atoms with Gasteiger partial charge in [0, 0.05) is 23.3 Å². The van der Waals surface area contributed by atoms with Gasteiger partial charge in [-0.2, -0.15) is 5.10 Å². The van der Waals surface area contributed by atoms with Gasteiger partial charge in [-0.15, -0.1) is 0 Å². The molecule has 0 unspecified atom stereocenters. The van der Waals surface area contributed by atoms with E-state index in [1.807, 2.05) is 29.1 Å². The molecule has 1 amide bonds. The number of amides is 1. The zero-order valence-electron chi connectivity index (χ0n) is 21.1. The number of hydrogen-bond acceptors (Lipinski definition) is 5. The van der Waals surface area contributed by atoms with E-state index in [1.165, 1.54) is 28.9 Å². The maximum absolute atomic E-state index is 13.9. The third kappa shape index (κ3) is 3.96. The lowest BCUT2D eigenvalue weighted by molar-refractivity contribution is -0.138. The zero-order chi connectivity index (χ0) is 26.4. The molecule has 1 N–H and O–H groups in total. The predicted octanol–water partition coefficient (Wildman–Crippen LogP) is 4.82. The van der Waals surface area contributed by atoms with Crippen molar-refractivity contribution in [2.75, 3.05) is 19.7 Å². The Kier molecular flexibility index (Phi) is 5.99. The molecule has 6 rings (SSSR count). The molecule has 0 saturated heterocycles. The van der Waals surface area contributed by atoms with Crippen LogP contribution in [0, 0.1) is 17.2 Å². The van der Waals surface area contributed by atoms with Gasteiger partial charge in [0.1, 0.15) is 17.7 Å². The predicted molar refractivity (Wildman–Crippen MR) is 140 cm³/mol. The quantitative estimate of drug-likeness (QED) is 0.358. The smallest absolute Gasteiger partial charge is 0.227 e. The summed E-state index contributed by atoms with van der Waals surface area (Å²) in [4.78, 5) is 28.6. The minimum atomic E-state index is -0.417. The first-order chi connectivity index (χ1) is 18.4. The number of nitrogens with zero attached hydrogens (tertiary/aromatic N) is 3. The van der Waals surface area contributed by atoms with Crippen molar-refractivity contribution in [3.05, 3.63) is 89.2 Å². The molecule has 0 aliphatic heterocycles. The molecule has 2 atom stereocenters. The van der Waals surface area contributed by atoms with Gasteiger partial charge in [0.05, 0.1) is 36.3 Å². The molecule has 38 heavy (non-hydrogen) atoms. The van der Waals surface area contributed by atoms with Gasteiger partial charge in [-0.1, -0.05) is 30.7 Å². The van der Waals surface area contributed by atoms with Gasteiger partial charge in [-0.25, -0.2) is 9.07 Å². The average Bonchev–Trinajstić information content (AvgIpc) is 3.61. The van der Waals surface area contributed by atoms with Crippen LogP contribution in [0.15, 0.2) is 71.0 Å². The van der Waals surface area contributed by atoms with E-state index in [2.05, 4.69) is 18.1 Å². The van der Waals surface area contributed by atoms with Crippen LogP contribution >= 0.6 is 0 Å². The molecule has 1 fully saturated rings. The van der Waals surface area contributed by atoms with Crippen LogP contribution in [-0.2, 0) is 11.2 Å². The molecule has 0 radical (unpaired) electrons. The van der Waals surface area contributed by atoms with E-state index in [0.29, 0.717) is 29.4 Å². The molecule has 1 saturated carbocycles. The van der Waals surface area contributed by atoms with Gasteiger partial charge < -0.3 is 14.4 Å². The highest BCUT2D eigenvalue weighted by Gasteiger charge is 2.50. The van der Waals surface area contributed by atoms with Gasteiger partial charge >= 0.3 is 0 Å². The number of carbonyl (C=O) groups is 2. The van der Waals surface area contributed by atoms with Crippen molar-refractivity contribution in [2.45, 2.75) is 26.2 Å². The Bertz CT molecular complexity index is 1570. The molecular weight excluding hydrogens is 485 g/mol. The summed E-state index contributed by atoms with van der Waals surface area (Å²) in [6.45, 7) is 1.84. The van der Waals surface area contributed by atoms with Crippen molar-refractivity contribution in [2.24, 2.45) is 11.3 Å². The largest absolute Gasteiger partial charge is 0.464 e. The van der Waals surface area contributed by atoms with E-state index < -0.39 is 5.41 Å². The lowest BCUT2D eigenvalue weighted by atomic mass is 9.69. The average molecular weight is 514 g/mol. The molecule has 2 heterocycles. The van der Waals surface area contributed by atoms with Gasteiger partial charge in [-0.3, -0.25) is 9.59 Å². The summed E-state index contributed by atoms with van der Waals surface area (Å²) in [5, 5.41) is 15.0. The summed E-state index contributed by atoms with van der Waals surface area (Å²) in [6, 6.07) is 13.5. The van der Waals surface area contributed by atoms with Gasteiger partial charge in [0.2, 0.25) is 5.91 Å². The van der Waals surface area contributed by atoms with Crippen LogP contribution in [0.1, 0.15) is 41.4 Å². The molecule has 0 spiro atoms. The van der Waals surface area contributed by atoms with Crippen LogP contribution in [0.2, 0.25) is 0 Å². The van der Waals surface area contributed by atoms with Crippen LogP contribution in [0.5, 0.6) is 0 Å². The number of fused-ring (bicyclic) bond motifs is 3. The van der Waals surface area contributed by atoms with Crippen LogP contribution in [0.3, 0.4) is 0 Å². The number of benzene rings is 2. The fourth-order valence-corrected chi connectivity index (χ4v) is 6.09. The number of Topliss-reactive ketones (excluding diaryl/α,β-unsaturated/α-hetero) is 1. The second-order valence-corrected chi connectivity index (χ2v) is 10.4. The fourth-order valence-electron chi connectivity index (χ4n) is 6.09. The summed E-state index contributed by atoms with van der Waals surface area (Å²) < 4.78 is 20.8. The highest BCUT2D eigenvalue weighted by atomic mass is 19.1. The highest BCUT2D eigenvalue weighted by molar-refractivity contribution is 6.09. The Morgan fingerprint density at radius 2 is 2.00 bits per heavy atom. The van der Waals surface area contributed by atoms with E-state index in [4.69, 9.17) is 4.42 Å². The molecule has 2 aliphatic rings. The number of ketones is 1. The van der Waals surface area contributed by atoms with Gasteiger partial charge in [0.25, 0.3) is 0 Å². The van der Waals surface area contributed by atoms with Gasteiger partial charge in [-0.05, 0) is 61.2 Å². The second-order valence-electron chi connectivity index (χ2n) is 10.4. The summed E-state index contributed by atoms with van der Waals surface area (Å²) in [5.74, 6) is -0.969. The minimum Gasteiger partial charge on any atom is -0.464 e. The number of furan rings is 1.